The van der Waals surface area contributed by atoms with E-state index in [1.807, 2.05) is 6.07 Å². The van der Waals surface area contributed by atoms with Gasteiger partial charge in [-0.05, 0) is 30.9 Å². The molecule has 0 radical (unpaired) electrons. The first kappa shape index (κ1) is 13.0. The number of ether oxygens (including phenoxy) is 1. The second-order valence-electron chi connectivity index (χ2n) is 3.69. The van der Waals surface area contributed by atoms with Gasteiger partial charge in [0, 0.05) is 10.7 Å². The summed E-state index contributed by atoms with van der Waals surface area (Å²) in [6.45, 7) is 2.11. The molecule has 84 valence electrons. The van der Waals surface area contributed by atoms with Gasteiger partial charge in [0.05, 0.1) is 7.11 Å². The van der Waals surface area contributed by atoms with Gasteiger partial charge >= 0.3 is 0 Å². The van der Waals surface area contributed by atoms with Crippen molar-refractivity contribution in [1.82, 2.24) is 0 Å². The van der Waals surface area contributed by atoms with Gasteiger partial charge in [-0.15, -0.1) is 0 Å². The predicted octanol–water partition coefficient (Wildman–Crippen LogP) is 3.95. The van der Waals surface area contributed by atoms with Crippen LogP contribution in [-0.2, 0) is 6.42 Å². The Morgan fingerprint density at radius 3 is 2.47 bits per heavy atom. The minimum Gasteiger partial charge on any atom is -0.496 e. The number of aryl methyl sites for hydroxylation is 1. The van der Waals surface area contributed by atoms with Crippen LogP contribution in [0.3, 0.4) is 0 Å². The Balaban J connectivity index is 2.86. The van der Waals surface area contributed by atoms with Gasteiger partial charge in [0.25, 0.3) is 0 Å². The van der Waals surface area contributed by atoms with Crippen LogP contribution < -0.4 is 4.74 Å². The van der Waals surface area contributed by atoms with Crippen LogP contribution in [0.15, 0.2) is 18.2 Å². The Kier molecular flexibility index (Phi) is 5.69. The van der Waals surface area contributed by atoms with E-state index in [9.17, 15) is 0 Å². The van der Waals surface area contributed by atoms with Crippen molar-refractivity contribution < 1.29 is 4.74 Å². The van der Waals surface area contributed by atoms with E-state index in [2.05, 4.69) is 50.9 Å². The van der Waals surface area contributed by atoms with E-state index in [0.717, 1.165) is 22.8 Å². The molecule has 0 saturated carbocycles. The molecule has 1 aromatic rings. The lowest BCUT2D eigenvalue weighted by Crippen LogP contribution is -2.08. The fourth-order valence-electron chi connectivity index (χ4n) is 1.53. The van der Waals surface area contributed by atoms with E-state index in [-0.39, 0.29) is 0 Å². The monoisotopic (exact) mass is 334 g/mol. The van der Waals surface area contributed by atoms with Crippen molar-refractivity contribution in [2.24, 2.45) is 5.92 Å². The molecule has 0 atom stereocenters. The summed E-state index contributed by atoms with van der Waals surface area (Å²) in [5.74, 6) is 1.60. The Morgan fingerprint density at radius 1 is 1.27 bits per heavy atom. The van der Waals surface area contributed by atoms with Gasteiger partial charge in [0.1, 0.15) is 5.75 Å². The molecule has 1 rings (SSSR count). The molecule has 15 heavy (non-hydrogen) atoms. The molecular weight excluding hydrogens is 320 g/mol. The number of methoxy groups -OCH3 is 1. The maximum absolute atomic E-state index is 5.36. The fourth-order valence-corrected chi connectivity index (χ4v) is 3.06. The lowest BCUT2D eigenvalue weighted by atomic mass is 10.0. The zero-order chi connectivity index (χ0) is 11.3. The summed E-state index contributed by atoms with van der Waals surface area (Å²) in [6, 6.07) is 6.33. The maximum atomic E-state index is 5.36. The number of rotatable bonds is 5. The molecule has 0 saturated heterocycles. The molecule has 1 nitrogen and oxygen atoms in total. The first-order chi connectivity index (χ1) is 7.21. The largest absolute Gasteiger partial charge is 0.496 e. The minimum absolute atomic E-state index is 0.612. The van der Waals surface area contributed by atoms with Crippen molar-refractivity contribution in [2.75, 3.05) is 17.8 Å². The Labute approximate surface area is 108 Å². The van der Waals surface area contributed by atoms with E-state index in [4.69, 9.17) is 4.74 Å². The third-order valence-corrected chi connectivity index (χ3v) is 4.21. The van der Waals surface area contributed by atoms with Gasteiger partial charge in [-0.25, -0.2) is 0 Å². The van der Waals surface area contributed by atoms with Gasteiger partial charge in [-0.3, -0.25) is 0 Å². The molecule has 0 aliphatic carbocycles. The fraction of sp³-hybridized carbons (Fsp3) is 0.500. The van der Waals surface area contributed by atoms with Gasteiger partial charge in [0.15, 0.2) is 0 Å². The Bertz CT molecular complexity index is 308. The Morgan fingerprint density at radius 2 is 1.93 bits per heavy atom. The maximum Gasteiger partial charge on any atom is 0.122 e. The van der Waals surface area contributed by atoms with Crippen LogP contribution in [0.5, 0.6) is 5.75 Å². The van der Waals surface area contributed by atoms with Crippen LogP contribution in [0.4, 0.5) is 0 Å². The SMILES string of the molecule is COc1ccc(C)cc1CC(CBr)CBr. The zero-order valence-electron chi connectivity index (χ0n) is 9.09. The molecule has 0 bridgehead atoms. The number of alkyl halides is 2. The second-order valence-corrected chi connectivity index (χ2v) is 4.99. The van der Waals surface area contributed by atoms with E-state index in [0.29, 0.717) is 5.92 Å². The van der Waals surface area contributed by atoms with Crippen molar-refractivity contribution in [2.45, 2.75) is 13.3 Å². The summed E-state index contributed by atoms with van der Waals surface area (Å²) in [6.07, 6.45) is 1.04. The highest BCUT2D eigenvalue weighted by molar-refractivity contribution is 9.09. The molecule has 0 fully saturated rings. The number of hydrogen-bond acceptors (Lipinski definition) is 1. The van der Waals surface area contributed by atoms with Crippen LogP contribution >= 0.6 is 31.9 Å². The van der Waals surface area contributed by atoms with Gasteiger partial charge in [-0.1, -0.05) is 49.6 Å². The molecular formula is C12H16Br2O. The van der Waals surface area contributed by atoms with Crippen LogP contribution in [0.2, 0.25) is 0 Å². The molecule has 0 unspecified atom stereocenters. The van der Waals surface area contributed by atoms with E-state index in [1.165, 1.54) is 11.1 Å². The third-order valence-electron chi connectivity index (χ3n) is 2.38. The highest BCUT2D eigenvalue weighted by Gasteiger charge is 2.10. The molecule has 0 aliphatic heterocycles. The second kappa shape index (κ2) is 6.54. The summed E-state index contributed by atoms with van der Waals surface area (Å²) < 4.78 is 5.36. The van der Waals surface area contributed by atoms with Crippen molar-refractivity contribution in [3.05, 3.63) is 29.3 Å². The summed E-state index contributed by atoms with van der Waals surface area (Å²) in [5, 5.41) is 2.02. The topological polar surface area (TPSA) is 9.23 Å². The van der Waals surface area contributed by atoms with Gasteiger partial charge in [0.2, 0.25) is 0 Å². The number of benzene rings is 1. The predicted molar refractivity (Wildman–Crippen MR) is 72.5 cm³/mol. The first-order valence-electron chi connectivity index (χ1n) is 4.96. The molecule has 3 heteroatoms. The highest BCUT2D eigenvalue weighted by Crippen LogP contribution is 2.24. The Hall–Kier alpha value is -0.0200. The lowest BCUT2D eigenvalue weighted by molar-refractivity contribution is 0.407. The molecule has 0 amide bonds. The third kappa shape index (κ3) is 3.80. The van der Waals surface area contributed by atoms with Crippen molar-refractivity contribution in [3.63, 3.8) is 0 Å². The standard InChI is InChI=1S/C12H16Br2O/c1-9-3-4-12(15-2)11(5-9)6-10(7-13)8-14/h3-5,10H,6-8H2,1-2H3. The quantitative estimate of drug-likeness (QED) is 0.740. The lowest BCUT2D eigenvalue weighted by Gasteiger charge is -2.14. The van der Waals surface area contributed by atoms with Crippen molar-refractivity contribution in [3.8, 4) is 5.75 Å². The summed E-state index contributed by atoms with van der Waals surface area (Å²) in [7, 11) is 1.73. The summed E-state index contributed by atoms with van der Waals surface area (Å²) in [4.78, 5) is 0. The molecule has 1 aromatic carbocycles. The highest BCUT2D eigenvalue weighted by atomic mass is 79.9. The van der Waals surface area contributed by atoms with Gasteiger partial charge < -0.3 is 4.74 Å². The number of halogens is 2. The first-order valence-corrected chi connectivity index (χ1v) is 7.21. The van der Waals surface area contributed by atoms with E-state index in [1.54, 1.807) is 7.11 Å². The number of hydrogen-bond donors (Lipinski definition) is 0. The zero-order valence-corrected chi connectivity index (χ0v) is 12.3. The normalized spacial score (nSPS) is 10.7. The average Bonchev–Trinajstić information content (AvgIpc) is 2.26. The van der Waals surface area contributed by atoms with E-state index >= 15 is 0 Å². The molecule has 0 aliphatic rings. The summed E-state index contributed by atoms with van der Waals surface area (Å²) in [5.41, 5.74) is 2.58. The van der Waals surface area contributed by atoms with E-state index < -0.39 is 0 Å². The molecule has 0 spiro atoms. The van der Waals surface area contributed by atoms with Crippen LogP contribution in [0.1, 0.15) is 11.1 Å². The smallest absolute Gasteiger partial charge is 0.122 e. The minimum atomic E-state index is 0.612. The van der Waals surface area contributed by atoms with Crippen LogP contribution in [0, 0.1) is 12.8 Å². The van der Waals surface area contributed by atoms with Gasteiger partial charge in [-0.2, -0.15) is 0 Å². The van der Waals surface area contributed by atoms with Crippen LogP contribution in [-0.4, -0.2) is 17.8 Å². The van der Waals surface area contributed by atoms with Crippen molar-refractivity contribution >= 4 is 31.9 Å². The molecule has 0 N–H and O–H groups in total. The van der Waals surface area contributed by atoms with Crippen LogP contribution in [0.25, 0.3) is 0 Å². The average molecular weight is 336 g/mol. The molecule has 0 heterocycles. The van der Waals surface area contributed by atoms with Crippen molar-refractivity contribution in [1.29, 1.82) is 0 Å². The summed E-state index contributed by atoms with van der Waals surface area (Å²) >= 11 is 7.06. The molecule has 0 aromatic heterocycles.